The van der Waals surface area contributed by atoms with Gasteiger partial charge in [0.05, 0.1) is 0 Å². The van der Waals surface area contributed by atoms with E-state index in [1.165, 1.54) is 0 Å². The summed E-state index contributed by atoms with van der Waals surface area (Å²) in [6.07, 6.45) is -2.66. The number of phenols is 2. The van der Waals surface area contributed by atoms with Gasteiger partial charge in [-0.25, -0.2) is 0 Å². The molecule has 2 aromatic carbocycles. The molecule has 2 aromatic rings. The van der Waals surface area contributed by atoms with Gasteiger partial charge in [-0.05, 0) is 11.6 Å². The molecule has 0 aliphatic heterocycles. The molecule has 0 aliphatic carbocycles. The van der Waals surface area contributed by atoms with E-state index in [9.17, 15) is 23.4 Å². The topological polar surface area (TPSA) is 49.7 Å². The van der Waals surface area contributed by atoms with Crippen LogP contribution in [0.1, 0.15) is 0 Å². The maximum atomic E-state index is 12.7. The zero-order valence-corrected chi connectivity index (χ0v) is 9.98. The summed E-state index contributed by atoms with van der Waals surface area (Å²) in [5.74, 6) is -1.51. The van der Waals surface area contributed by atoms with Crippen molar-refractivity contribution in [1.82, 2.24) is 0 Å². The lowest BCUT2D eigenvalue weighted by atomic mass is 10.0. The number of phenolic OH excluding ortho intramolecular Hbond substituents is 2. The Morgan fingerprint density at radius 3 is 2.15 bits per heavy atom. The molecule has 0 saturated carbocycles. The van der Waals surface area contributed by atoms with E-state index in [0.29, 0.717) is 5.56 Å². The molecule has 0 radical (unpaired) electrons. The lowest BCUT2D eigenvalue weighted by Crippen LogP contribution is -1.92. The molecule has 0 bridgehead atoms. The first-order valence-corrected chi connectivity index (χ1v) is 5.49. The normalized spacial score (nSPS) is 10.2. The molecule has 3 nitrogen and oxygen atoms in total. The largest absolute Gasteiger partial charge is 0.507 e. The SMILES string of the molecule is Oc1cc(-c2ccccc2)c(O)cc1OC(F)=C(F)F. The average Bonchev–Trinajstić information content (AvgIpc) is 2.43. The molecule has 0 atom stereocenters. The van der Waals surface area contributed by atoms with Gasteiger partial charge in [0.2, 0.25) is 0 Å². The maximum Gasteiger partial charge on any atom is 0.344 e. The smallest absolute Gasteiger partial charge is 0.344 e. The lowest BCUT2D eigenvalue weighted by Gasteiger charge is -2.10. The fourth-order valence-corrected chi connectivity index (χ4v) is 1.62. The van der Waals surface area contributed by atoms with Crippen LogP contribution < -0.4 is 4.74 Å². The van der Waals surface area contributed by atoms with Gasteiger partial charge in [0.25, 0.3) is 0 Å². The number of rotatable bonds is 3. The van der Waals surface area contributed by atoms with Crippen molar-refractivity contribution >= 4 is 0 Å². The molecule has 20 heavy (non-hydrogen) atoms. The van der Waals surface area contributed by atoms with Crippen molar-refractivity contribution in [3.05, 3.63) is 54.6 Å². The van der Waals surface area contributed by atoms with Crippen LogP contribution in [0.3, 0.4) is 0 Å². The summed E-state index contributed by atoms with van der Waals surface area (Å²) in [4.78, 5) is 0. The molecule has 2 rings (SSSR count). The Morgan fingerprint density at radius 2 is 1.55 bits per heavy atom. The summed E-state index contributed by atoms with van der Waals surface area (Å²) in [7, 11) is 0. The summed E-state index contributed by atoms with van der Waals surface area (Å²) in [5, 5.41) is 19.4. The average molecular weight is 282 g/mol. The van der Waals surface area contributed by atoms with Crippen LogP contribution in [0.25, 0.3) is 11.1 Å². The summed E-state index contributed by atoms with van der Waals surface area (Å²) >= 11 is 0. The van der Waals surface area contributed by atoms with Gasteiger partial charge >= 0.3 is 12.1 Å². The van der Waals surface area contributed by atoms with Crippen molar-refractivity contribution < 1.29 is 28.1 Å². The van der Waals surface area contributed by atoms with Crippen LogP contribution in [-0.4, -0.2) is 10.2 Å². The molecule has 104 valence electrons. The molecular weight excluding hydrogens is 273 g/mol. The van der Waals surface area contributed by atoms with Crippen LogP contribution in [-0.2, 0) is 0 Å². The summed E-state index contributed by atoms with van der Waals surface area (Å²) in [6.45, 7) is 0. The Labute approximate surface area is 112 Å². The molecule has 0 unspecified atom stereocenters. The van der Waals surface area contributed by atoms with E-state index in [1.54, 1.807) is 30.3 Å². The van der Waals surface area contributed by atoms with Gasteiger partial charge in [0.15, 0.2) is 11.5 Å². The van der Waals surface area contributed by atoms with Gasteiger partial charge in [-0.1, -0.05) is 30.3 Å². The Kier molecular flexibility index (Phi) is 3.84. The van der Waals surface area contributed by atoms with Crippen molar-refractivity contribution in [1.29, 1.82) is 0 Å². The van der Waals surface area contributed by atoms with Crippen molar-refractivity contribution in [2.75, 3.05) is 0 Å². The second-order valence-corrected chi connectivity index (χ2v) is 3.84. The molecule has 2 N–H and O–H groups in total. The Bertz CT molecular complexity index is 650. The van der Waals surface area contributed by atoms with Gasteiger partial charge in [0.1, 0.15) is 5.75 Å². The zero-order chi connectivity index (χ0) is 14.7. The lowest BCUT2D eigenvalue weighted by molar-refractivity contribution is 0.234. The predicted molar refractivity (Wildman–Crippen MR) is 66.2 cm³/mol. The highest BCUT2D eigenvalue weighted by atomic mass is 19.3. The van der Waals surface area contributed by atoms with E-state index in [4.69, 9.17) is 0 Å². The van der Waals surface area contributed by atoms with Crippen molar-refractivity contribution in [2.24, 2.45) is 0 Å². The molecule has 0 heterocycles. The Balaban J connectivity index is 2.42. The van der Waals surface area contributed by atoms with Crippen LogP contribution in [0.4, 0.5) is 13.2 Å². The van der Waals surface area contributed by atoms with E-state index in [-0.39, 0.29) is 11.3 Å². The number of halogens is 3. The molecular formula is C14H9F3O3. The number of ether oxygens (including phenoxy) is 1. The third-order valence-corrected chi connectivity index (χ3v) is 2.51. The fraction of sp³-hybridized carbons (Fsp3) is 0. The minimum Gasteiger partial charge on any atom is -0.507 e. The van der Waals surface area contributed by atoms with E-state index >= 15 is 0 Å². The standard InChI is InChI=1S/C14H9F3O3/c15-13(16)14(17)20-12-7-10(18)9(6-11(12)19)8-4-2-1-3-5-8/h1-7,18-19H. The van der Waals surface area contributed by atoms with Gasteiger partial charge in [-0.2, -0.15) is 13.2 Å². The maximum absolute atomic E-state index is 12.7. The molecule has 0 amide bonds. The second kappa shape index (κ2) is 5.56. The summed E-state index contributed by atoms with van der Waals surface area (Å²) in [6, 6.07) is 8.39. The fourth-order valence-electron chi connectivity index (χ4n) is 1.62. The molecule has 0 fully saturated rings. The Hall–Kier alpha value is -2.63. The molecule has 0 spiro atoms. The first-order valence-electron chi connectivity index (χ1n) is 5.49. The van der Waals surface area contributed by atoms with Crippen LogP contribution >= 0.6 is 0 Å². The predicted octanol–water partition coefficient (Wildman–Crippen LogP) is 4.18. The van der Waals surface area contributed by atoms with Gasteiger partial charge < -0.3 is 14.9 Å². The van der Waals surface area contributed by atoms with Gasteiger partial charge in [-0.15, -0.1) is 0 Å². The quantitative estimate of drug-likeness (QED) is 0.656. The van der Waals surface area contributed by atoms with Crippen molar-refractivity contribution in [2.45, 2.75) is 0 Å². The van der Waals surface area contributed by atoms with Crippen LogP contribution in [0, 0.1) is 0 Å². The van der Waals surface area contributed by atoms with E-state index in [1.807, 2.05) is 0 Å². The van der Waals surface area contributed by atoms with Crippen molar-refractivity contribution in [3.8, 4) is 28.4 Å². The highest BCUT2D eigenvalue weighted by Crippen LogP contribution is 2.39. The summed E-state index contributed by atoms with van der Waals surface area (Å²) in [5.41, 5.74) is 0.861. The van der Waals surface area contributed by atoms with Crippen LogP contribution in [0.2, 0.25) is 0 Å². The zero-order valence-electron chi connectivity index (χ0n) is 9.98. The minimum atomic E-state index is -2.66. The monoisotopic (exact) mass is 282 g/mol. The number of hydrogen-bond acceptors (Lipinski definition) is 3. The van der Waals surface area contributed by atoms with Gasteiger partial charge in [0, 0.05) is 11.6 Å². The third kappa shape index (κ3) is 2.85. The number of benzene rings is 2. The molecule has 0 aromatic heterocycles. The first kappa shape index (κ1) is 13.8. The van der Waals surface area contributed by atoms with Crippen molar-refractivity contribution in [3.63, 3.8) is 0 Å². The third-order valence-electron chi connectivity index (χ3n) is 2.51. The van der Waals surface area contributed by atoms with E-state index < -0.39 is 23.6 Å². The highest BCUT2D eigenvalue weighted by Gasteiger charge is 2.15. The van der Waals surface area contributed by atoms with Gasteiger partial charge in [-0.3, -0.25) is 0 Å². The highest BCUT2D eigenvalue weighted by molar-refractivity contribution is 5.73. The van der Waals surface area contributed by atoms with E-state index in [2.05, 4.69) is 4.74 Å². The second-order valence-electron chi connectivity index (χ2n) is 3.84. The Morgan fingerprint density at radius 1 is 0.900 bits per heavy atom. The summed E-state index contributed by atoms with van der Waals surface area (Å²) < 4.78 is 40.6. The van der Waals surface area contributed by atoms with Crippen LogP contribution in [0.5, 0.6) is 17.2 Å². The first-order chi connectivity index (χ1) is 9.49. The number of hydrogen-bond donors (Lipinski definition) is 2. The molecule has 0 saturated heterocycles. The molecule has 6 heteroatoms. The number of aromatic hydroxyl groups is 2. The molecule has 0 aliphatic rings. The van der Waals surface area contributed by atoms with E-state index in [0.717, 1.165) is 12.1 Å². The minimum absolute atomic E-state index is 0.264. The van der Waals surface area contributed by atoms with Crippen LogP contribution in [0.15, 0.2) is 54.6 Å².